The minimum absolute atomic E-state index is 0.00947. The number of anilines is 2. The molecule has 0 saturated heterocycles. The van der Waals surface area contributed by atoms with E-state index in [9.17, 15) is 5.11 Å². The topological polar surface area (TPSA) is 86.7 Å². The first-order valence-corrected chi connectivity index (χ1v) is 8.28. The van der Waals surface area contributed by atoms with Gasteiger partial charge >= 0.3 is 0 Å². The molecule has 0 saturated carbocycles. The minimum atomic E-state index is -0.00947. The van der Waals surface area contributed by atoms with Gasteiger partial charge in [0.05, 0.1) is 23.0 Å². The number of aryl methyl sites for hydroxylation is 1. The lowest BCUT2D eigenvalue weighted by Gasteiger charge is -2.02. The Bertz CT molecular complexity index is 1010. The molecule has 0 spiro atoms. The van der Waals surface area contributed by atoms with E-state index >= 15 is 0 Å². The predicted octanol–water partition coefficient (Wildman–Crippen LogP) is 3.63. The Morgan fingerprint density at radius 2 is 2.17 bits per heavy atom. The van der Waals surface area contributed by atoms with Crippen LogP contribution < -0.4 is 5.32 Å². The van der Waals surface area contributed by atoms with Crippen molar-refractivity contribution in [3.05, 3.63) is 54.0 Å². The summed E-state index contributed by atoms with van der Waals surface area (Å²) in [5.41, 5.74) is 5.00. The Kier molecular flexibility index (Phi) is 3.72. The van der Waals surface area contributed by atoms with Crippen molar-refractivity contribution >= 4 is 32.5 Å². The van der Waals surface area contributed by atoms with E-state index in [1.54, 1.807) is 23.6 Å². The van der Waals surface area contributed by atoms with E-state index in [1.165, 1.54) is 0 Å². The van der Waals surface area contributed by atoms with E-state index in [-0.39, 0.29) is 6.61 Å². The molecule has 0 aliphatic heterocycles. The number of rotatable bonds is 4. The molecule has 0 aliphatic rings. The molecule has 0 aliphatic carbocycles. The Morgan fingerprint density at radius 1 is 1.25 bits per heavy atom. The van der Waals surface area contributed by atoms with Crippen LogP contribution in [-0.2, 0) is 6.61 Å². The second kappa shape index (κ2) is 6.03. The number of aromatic nitrogens is 4. The van der Waals surface area contributed by atoms with Crippen LogP contribution >= 0.6 is 11.3 Å². The van der Waals surface area contributed by atoms with Gasteiger partial charge in [0, 0.05) is 17.5 Å². The van der Waals surface area contributed by atoms with Gasteiger partial charge in [-0.3, -0.25) is 5.10 Å². The second-order valence-corrected chi connectivity index (χ2v) is 6.47. The maximum Gasteiger partial charge on any atom is 0.189 e. The highest BCUT2D eigenvalue weighted by molar-refractivity contribution is 7.22. The molecule has 7 heteroatoms. The van der Waals surface area contributed by atoms with Gasteiger partial charge in [0.1, 0.15) is 5.82 Å². The van der Waals surface area contributed by atoms with Crippen molar-refractivity contribution < 1.29 is 5.11 Å². The average molecular weight is 337 g/mol. The largest absolute Gasteiger partial charge is 0.392 e. The van der Waals surface area contributed by atoms with Crippen LogP contribution in [-0.4, -0.2) is 25.3 Å². The van der Waals surface area contributed by atoms with Gasteiger partial charge in [0.25, 0.3) is 0 Å². The van der Waals surface area contributed by atoms with Crippen LogP contribution in [0.25, 0.3) is 21.3 Å². The molecule has 0 atom stereocenters. The monoisotopic (exact) mass is 337 g/mol. The van der Waals surface area contributed by atoms with Crippen LogP contribution in [0.2, 0.25) is 0 Å². The number of nitrogens with one attached hydrogen (secondary N) is 2. The molecule has 1 aromatic carbocycles. The highest BCUT2D eigenvalue weighted by atomic mass is 32.1. The molecule has 3 N–H and O–H groups in total. The quantitative estimate of drug-likeness (QED) is 0.529. The van der Waals surface area contributed by atoms with Crippen molar-refractivity contribution in [2.24, 2.45) is 0 Å². The number of hydrogen-bond donors (Lipinski definition) is 3. The smallest absolute Gasteiger partial charge is 0.189 e. The number of aliphatic hydroxyl groups is 1. The Balaban J connectivity index is 1.67. The molecule has 4 rings (SSSR count). The van der Waals surface area contributed by atoms with Crippen LogP contribution in [0.1, 0.15) is 11.3 Å². The summed E-state index contributed by atoms with van der Waals surface area (Å²) in [5.74, 6) is 0.673. The van der Waals surface area contributed by atoms with Crippen molar-refractivity contribution in [1.29, 1.82) is 0 Å². The van der Waals surface area contributed by atoms with E-state index in [0.29, 0.717) is 5.82 Å². The van der Waals surface area contributed by atoms with E-state index in [1.807, 2.05) is 31.3 Å². The number of nitrogens with zero attached hydrogens (tertiary/aromatic N) is 3. The van der Waals surface area contributed by atoms with Crippen LogP contribution in [0.15, 0.2) is 42.7 Å². The summed E-state index contributed by atoms with van der Waals surface area (Å²) in [6.45, 7) is 2.00. The maximum absolute atomic E-state index is 9.21. The fraction of sp³-hybridized carbons (Fsp3) is 0.118. The molecule has 3 heterocycles. The fourth-order valence-corrected chi connectivity index (χ4v) is 3.45. The minimum Gasteiger partial charge on any atom is -0.392 e. The summed E-state index contributed by atoms with van der Waals surface area (Å²) < 4.78 is 1.09. The summed E-state index contributed by atoms with van der Waals surface area (Å²) in [7, 11) is 0. The summed E-state index contributed by atoms with van der Waals surface area (Å²) in [6, 6.07) is 9.77. The Morgan fingerprint density at radius 3 is 2.96 bits per heavy atom. The Labute approximate surface area is 142 Å². The molecule has 0 unspecified atom stereocenters. The number of hydrogen-bond acceptors (Lipinski definition) is 6. The van der Waals surface area contributed by atoms with Gasteiger partial charge in [-0.15, -0.1) is 0 Å². The molecular weight excluding hydrogens is 322 g/mol. The third-order valence-corrected chi connectivity index (χ3v) is 4.70. The zero-order valence-electron chi connectivity index (χ0n) is 12.9. The van der Waals surface area contributed by atoms with E-state index in [0.717, 1.165) is 37.7 Å². The Hall–Kier alpha value is -2.77. The lowest BCUT2D eigenvalue weighted by molar-refractivity contribution is 0.282. The van der Waals surface area contributed by atoms with E-state index in [2.05, 4.69) is 31.5 Å². The maximum atomic E-state index is 9.21. The molecule has 6 nitrogen and oxygen atoms in total. The van der Waals surface area contributed by atoms with Gasteiger partial charge in [-0.25, -0.2) is 9.97 Å². The highest BCUT2D eigenvalue weighted by Gasteiger charge is 2.09. The van der Waals surface area contributed by atoms with E-state index < -0.39 is 0 Å². The van der Waals surface area contributed by atoms with Crippen LogP contribution in [0.3, 0.4) is 0 Å². The molecule has 24 heavy (non-hydrogen) atoms. The summed E-state index contributed by atoms with van der Waals surface area (Å²) in [6.07, 6.45) is 3.50. The standard InChI is InChI=1S/C17H15N5OS/c1-10-13(8-19-22-10)12-2-3-14-15(7-12)24-17(20-14)21-16-6-11(9-23)4-5-18-16/h2-8,23H,9H2,1H3,(H,19,22)(H,18,20,21). The van der Waals surface area contributed by atoms with Crippen molar-refractivity contribution in [2.45, 2.75) is 13.5 Å². The average Bonchev–Trinajstić information content (AvgIpc) is 3.19. The SMILES string of the molecule is Cc1[nH]ncc1-c1ccc2nc(Nc3cc(CO)ccn3)sc2c1. The fourth-order valence-electron chi connectivity index (χ4n) is 2.54. The number of aromatic amines is 1. The van der Waals surface area contributed by atoms with Crippen molar-refractivity contribution in [3.8, 4) is 11.1 Å². The molecular formula is C17H15N5OS. The van der Waals surface area contributed by atoms with Crippen LogP contribution in [0.5, 0.6) is 0 Å². The van der Waals surface area contributed by atoms with Gasteiger partial charge in [0.15, 0.2) is 5.13 Å². The second-order valence-electron chi connectivity index (χ2n) is 5.44. The first-order valence-electron chi connectivity index (χ1n) is 7.46. The van der Waals surface area contributed by atoms with Gasteiger partial charge < -0.3 is 10.4 Å². The zero-order valence-corrected chi connectivity index (χ0v) is 13.8. The number of benzene rings is 1. The molecule has 0 fully saturated rings. The predicted molar refractivity (Wildman–Crippen MR) is 95.4 cm³/mol. The van der Waals surface area contributed by atoms with Crippen molar-refractivity contribution in [2.75, 3.05) is 5.32 Å². The molecule has 4 aromatic rings. The summed E-state index contributed by atoms with van der Waals surface area (Å²) >= 11 is 1.57. The summed E-state index contributed by atoms with van der Waals surface area (Å²) in [5, 5.41) is 20.2. The number of thiazole rings is 1. The number of aliphatic hydroxyl groups excluding tert-OH is 1. The number of pyridine rings is 1. The third-order valence-electron chi connectivity index (χ3n) is 3.77. The molecule has 120 valence electrons. The normalized spacial score (nSPS) is 11.1. The first kappa shape index (κ1) is 14.8. The highest BCUT2D eigenvalue weighted by Crippen LogP contribution is 2.32. The lowest BCUT2D eigenvalue weighted by Crippen LogP contribution is -1.94. The van der Waals surface area contributed by atoms with Gasteiger partial charge in [-0.05, 0) is 42.3 Å². The van der Waals surface area contributed by atoms with Crippen molar-refractivity contribution in [3.63, 3.8) is 0 Å². The van der Waals surface area contributed by atoms with Gasteiger partial charge in [-0.2, -0.15) is 5.10 Å². The molecule has 0 radical (unpaired) electrons. The van der Waals surface area contributed by atoms with Crippen molar-refractivity contribution in [1.82, 2.24) is 20.2 Å². The van der Waals surface area contributed by atoms with Gasteiger partial charge in [0.2, 0.25) is 0 Å². The lowest BCUT2D eigenvalue weighted by atomic mass is 10.1. The number of fused-ring (bicyclic) bond motifs is 1. The molecule has 0 amide bonds. The summed E-state index contributed by atoms with van der Waals surface area (Å²) in [4.78, 5) is 8.84. The van der Waals surface area contributed by atoms with Crippen LogP contribution in [0, 0.1) is 6.92 Å². The van der Waals surface area contributed by atoms with E-state index in [4.69, 9.17) is 0 Å². The molecule has 3 aromatic heterocycles. The first-order chi connectivity index (χ1) is 11.7. The van der Waals surface area contributed by atoms with Gasteiger partial charge in [-0.1, -0.05) is 17.4 Å². The zero-order chi connectivity index (χ0) is 16.5. The van der Waals surface area contributed by atoms with Crippen LogP contribution in [0.4, 0.5) is 10.9 Å². The molecule has 0 bridgehead atoms. The third kappa shape index (κ3) is 2.75. The number of H-pyrrole nitrogens is 1.